The van der Waals surface area contributed by atoms with Gasteiger partial charge < -0.3 is 11.1 Å². The lowest BCUT2D eigenvalue weighted by Gasteiger charge is -2.10. The van der Waals surface area contributed by atoms with E-state index in [1.54, 1.807) is 23.7 Å². The van der Waals surface area contributed by atoms with Gasteiger partial charge in [-0.15, -0.1) is 0 Å². The zero-order valence-electron chi connectivity index (χ0n) is 11.4. The molecule has 0 bridgehead atoms. The van der Waals surface area contributed by atoms with E-state index in [-0.39, 0.29) is 12.5 Å². The number of nitrogens with one attached hydrogen (secondary N) is 1. The number of benzene rings is 1. The zero-order valence-corrected chi connectivity index (χ0v) is 14.5. The molecule has 1 aromatic carbocycles. The van der Waals surface area contributed by atoms with Crippen molar-refractivity contribution in [2.45, 2.75) is 20.4 Å². The van der Waals surface area contributed by atoms with Crippen LogP contribution in [0.4, 0.5) is 11.4 Å². The van der Waals surface area contributed by atoms with Gasteiger partial charge >= 0.3 is 0 Å². The van der Waals surface area contributed by atoms with Crippen LogP contribution < -0.4 is 11.1 Å². The van der Waals surface area contributed by atoms with E-state index in [4.69, 9.17) is 28.9 Å². The van der Waals surface area contributed by atoms with Gasteiger partial charge in [-0.2, -0.15) is 5.10 Å². The topological polar surface area (TPSA) is 72.9 Å². The number of anilines is 2. The van der Waals surface area contributed by atoms with Gasteiger partial charge in [0.1, 0.15) is 6.54 Å². The summed E-state index contributed by atoms with van der Waals surface area (Å²) in [5.41, 5.74) is 8.24. The van der Waals surface area contributed by atoms with Gasteiger partial charge in [-0.1, -0.05) is 39.1 Å². The minimum absolute atomic E-state index is 0.0343. The number of nitrogens with zero attached hydrogens (tertiary/aromatic N) is 2. The number of carbonyl (C=O) groups is 1. The maximum Gasteiger partial charge on any atom is 0.246 e. The molecule has 112 valence electrons. The molecule has 3 N–H and O–H groups in total. The number of aromatic nitrogens is 2. The van der Waals surface area contributed by atoms with Crippen molar-refractivity contribution in [1.29, 1.82) is 0 Å². The molecule has 0 unspecified atom stereocenters. The lowest BCUT2D eigenvalue weighted by Crippen LogP contribution is -2.20. The van der Waals surface area contributed by atoms with E-state index in [2.05, 4.69) is 26.3 Å². The summed E-state index contributed by atoms with van der Waals surface area (Å²) in [5.74, 6) is -0.285. The van der Waals surface area contributed by atoms with Gasteiger partial charge in [0, 0.05) is 4.47 Å². The van der Waals surface area contributed by atoms with Crippen molar-refractivity contribution < 1.29 is 4.79 Å². The summed E-state index contributed by atoms with van der Waals surface area (Å²) >= 11 is 15.4. The second kappa shape index (κ2) is 6.25. The van der Waals surface area contributed by atoms with Gasteiger partial charge in [-0.3, -0.25) is 9.48 Å². The second-order valence-electron chi connectivity index (χ2n) is 4.53. The summed E-state index contributed by atoms with van der Waals surface area (Å²) in [6, 6.07) is 3.31. The van der Waals surface area contributed by atoms with Gasteiger partial charge in [-0.05, 0) is 26.0 Å². The smallest absolute Gasteiger partial charge is 0.246 e. The first kappa shape index (κ1) is 16.1. The molecule has 0 fully saturated rings. The van der Waals surface area contributed by atoms with E-state index >= 15 is 0 Å². The van der Waals surface area contributed by atoms with Crippen molar-refractivity contribution in [3.8, 4) is 0 Å². The first-order valence-corrected chi connectivity index (χ1v) is 7.58. The maximum absolute atomic E-state index is 12.1. The quantitative estimate of drug-likeness (QED) is 0.835. The molecule has 0 radical (unpaired) electrons. The van der Waals surface area contributed by atoms with E-state index in [0.29, 0.717) is 27.1 Å². The van der Waals surface area contributed by atoms with Crippen LogP contribution in [0.5, 0.6) is 0 Å². The monoisotopic (exact) mass is 390 g/mol. The lowest BCUT2D eigenvalue weighted by atomic mass is 10.3. The van der Waals surface area contributed by atoms with Crippen molar-refractivity contribution >= 4 is 56.4 Å². The normalized spacial score (nSPS) is 10.7. The molecular weight excluding hydrogens is 379 g/mol. The molecule has 2 rings (SSSR count). The minimum atomic E-state index is -0.285. The fourth-order valence-electron chi connectivity index (χ4n) is 1.84. The number of amides is 1. The van der Waals surface area contributed by atoms with Crippen LogP contribution in [0.2, 0.25) is 10.0 Å². The zero-order chi connectivity index (χ0) is 15.7. The number of nitrogen functional groups attached to an aromatic ring is 1. The molecule has 21 heavy (non-hydrogen) atoms. The molecule has 0 aliphatic rings. The Labute approximate surface area is 140 Å². The van der Waals surface area contributed by atoms with Crippen LogP contribution in [0, 0.1) is 13.8 Å². The standard InChI is InChI=1S/C13H13BrCl2N4O/c1-6-12(17)7(2)20(19-6)5-11(21)18-13-9(15)3-8(14)4-10(13)16/h3-4H,5,17H2,1-2H3,(H,18,21). The van der Waals surface area contributed by atoms with Crippen LogP contribution in [0.15, 0.2) is 16.6 Å². The van der Waals surface area contributed by atoms with Crippen LogP contribution >= 0.6 is 39.1 Å². The van der Waals surface area contributed by atoms with Gasteiger partial charge in [0.05, 0.1) is 32.8 Å². The molecule has 0 aliphatic carbocycles. The van der Waals surface area contributed by atoms with Crippen LogP contribution in [0.25, 0.3) is 0 Å². The highest BCUT2D eigenvalue weighted by Gasteiger charge is 2.14. The Hall–Kier alpha value is -1.24. The Bertz CT molecular complexity index is 691. The Morgan fingerprint density at radius 1 is 1.38 bits per heavy atom. The third-order valence-electron chi connectivity index (χ3n) is 3.00. The highest BCUT2D eigenvalue weighted by atomic mass is 79.9. The first-order valence-electron chi connectivity index (χ1n) is 6.03. The average molecular weight is 392 g/mol. The molecule has 0 spiro atoms. The third kappa shape index (κ3) is 3.51. The number of hydrogen-bond donors (Lipinski definition) is 2. The van der Waals surface area contributed by atoms with Crippen LogP contribution in [0.1, 0.15) is 11.4 Å². The highest BCUT2D eigenvalue weighted by Crippen LogP contribution is 2.33. The SMILES string of the molecule is Cc1nn(CC(=O)Nc2c(Cl)cc(Br)cc2Cl)c(C)c1N. The largest absolute Gasteiger partial charge is 0.396 e. The highest BCUT2D eigenvalue weighted by molar-refractivity contribution is 9.10. The Balaban J connectivity index is 2.17. The maximum atomic E-state index is 12.1. The first-order chi connectivity index (χ1) is 9.79. The minimum Gasteiger partial charge on any atom is -0.396 e. The van der Waals surface area contributed by atoms with Crippen molar-refractivity contribution in [3.63, 3.8) is 0 Å². The van der Waals surface area contributed by atoms with Gasteiger partial charge in [0.2, 0.25) is 5.91 Å². The van der Waals surface area contributed by atoms with Crippen molar-refractivity contribution in [2.24, 2.45) is 0 Å². The van der Waals surface area contributed by atoms with Gasteiger partial charge in [0.15, 0.2) is 0 Å². The van der Waals surface area contributed by atoms with Gasteiger partial charge in [-0.25, -0.2) is 0 Å². The summed E-state index contributed by atoms with van der Waals surface area (Å²) in [4.78, 5) is 12.1. The molecule has 8 heteroatoms. The van der Waals surface area contributed by atoms with Crippen LogP contribution in [-0.2, 0) is 11.3 Å². The molecule has 2 aromatic rings. The lowest BCUT2D eigenvalue weighted by molar-refractivity contribution is -0.116. The fraction of sp³-hybridized carbons (Fsp3) is 0.231. The summed E-state index contributed by atoms with van der Waals surface area (Å²) in [7, 11) is 0. The summed E-state index contributed by atoms with van der Waals surface area (Å²) < 4.78 is 2.28. The van der Waals surface area contributed by atoms with Crippen molar-refractivity contribution in [2.75, 3.05) is 11.1 Å². The predicted octanol–water partition coefficient (Wildman–Crippen LogP) is 3.79. The molecular formula is C13H13BrCl2N4O. The fourth-order valence-corrected chi connectivity index (χ4v) is 3.14. The Morgan fingerprint density at radius 3 is 2.43 bits per heavy atom. The van der Waals surface area contributed by atoms with E-state index < -0.39 is 0 Å². The van der Waals surface area contributed by atoms with E-state index in [0.717, 1.165) is 10.2 Å². The molecule has 5 nitrogen and oxygen atoms in total. The number of aryl methyl sites for hydroxylation is 1. The Morgan fingerprint density at radius 2 is 1.95 bits per heavy atom. The number of halogens is 3. The number of hydrogen-bond acceptors (Lipinski definition) is 3. The molecule has 1 aromatic heterocycles. The second-order valence-corrected chi connectivity index (χ2v) is 6.26. The summed E-state index contributed by atoms with van der Waals surface area (Å²) in [6.45, 7) is 3.63. The average Bonchev–Trinajstić information content (AvgIpc) is 2.61. The number of nitrogens with two attached hydrogens (primary N) is 1. The molecule has 1 heterocycles. The van der Waals surface area contributed by atoms with Crippen LogP contribution in [0.3, 0.4) is 0 Å². The van der Waals surface area contributed by atoms with Crippen molar-refractivity contribution in [3.05, 3.63) is 38.0 Å². The third-order valence-corrected chi connectivity index (χ3v) is 4.06. The molecule has 1 amide bonds. The number of carbonyl (C=O) groups excluding carboxylic acids is 1. The molecule has 0 atom stereocenters. The van der Waals surface area contributed by atoms with Crippen LogP contribution in [-0.4, -0.2) is 15.7 Å². The summed E-state index contributed by atoms with van der Waals surface area (Å²) in [6.07, 6.45) is 0. The molecule has 0 saturated carbocycles. The molecule has 0 saturated heterocycles. The molecule has 0 aliphatic heterocycles. The van der Waals surface area contributed by atoms with Gasteiger partial charge in [0.25, 0.3) is 0 Å². The van der Waals surface area contributed by atoms with E-state index in [1.165, 1.54) is 0 Å². The predicted molar refractivity (Wildman–Crippen MR) is 88.9 cm³/mol. The van der Waals surface area contributed by atoms with E-state index in [9.17, 15) is 4.79 Å². The van der Waals surface area contributed by atoms with Crippen molar-refractivity contribution in [1.82, 2.24) is 9.78 Å². The number of rotatable bonds is 3. The Kier molecular flexibility index (Phi) is 4.81. The van der Waals surface area contributed by atoms with E-state index in [1.807, 2.05) is 6.92 Å². The summed E-state index contributed by atoms with van der Waals surface area (Å²) in [5, 5.41) is 7.61.